The van der Waals surface area contributed by atoms with Crippen molar-refractivity contribution in [3.8, 4) is 0 Å². The number of unbranched alkanes of at least 4 members (excludes halogenated alkanes) is 5. The molecule has 0 unspecified atom stereocenters. The molecule has 0 saturated heterocycles. The van der Waals surface area contributed by atoms with Crippen molar-refractivity contribution < 1.29 is 31.9 Å². The molecule has 0 aliphatic carbocycles. The maximum Gasteiger partial charge on any atom is 4.00 e. The predicted octanol–water partition coefficient (Wildman–Crippen LogP) is 1.31. The van der Waals surface area contributed by atoms with Gasteiger partial charge in [0.25, 0.3) is 0 Å². The van der Waals surface area contributed by atoms with Crippen molar-refractivity contribution in [2.24, 2.45) is 0 Å². The Kier molecular flexibility index (Phi) is 17.1. The maximum absolute atomic E-state index is 8.43. The molecule has 2 nitrogen and oxygen atoms in total. The van der Waals surface area contributed by atoms with E-state index in [-0.39, 0.29) is 21.7 Å². The van der Waals surface area contributed by atoms with Gasteiger partial charge in [-0.25, -0.2) is 0 Å². The summed E-state index contributed by atoms with van der Waals surface area (Å²) in [6.45, 7) is 0.639. The van der Waals surface area contributed by atoms with Gasteiger partial charge in [-0.1, -0.05) is 25.7 Å². The molecule has 0 bridgehead atoms. The number of hydrogen-bond donors (Lipinski definition) is 2. The van der Waals surface area contributed by atoms with E-state index in [9.17, 15) is 0 Å². The Morgan fingerprint density at radius 2 is 0.818 bits per heavy atom. The molecule has 0 fully saturated rings. The topological polar surface area (TPSA) is 40.5 Å². The third kappa shape index (κ3) is 13.6. The van der Waals surface area contributed by atoms with Crippen LogP contribution >= 0.6 is 0 Å². The van der Waals surface area contributed by atoms with E-state index in [0.717, 1.165) is 25.7 Å². The minimum absolute atomic E-state index is 0. The average molecular weight is 194 g/mol. The Labute approximate surface area is 83.9 Å². The molecule has 3 heteroatoms. The van der Waals surface area contributed by atoms with Crippen LogP contribution in [-0.2, 0) is 21.7 Å². The van der Waals surface area contributed by atoms with Crippen LogP contribution in [0.4, 0.5) is 0 Å². The smallest absolute Gasteiger partial charge is 0.396 e. The SMILES string of the molecule is OCCCCCCCCO.[Ti+4]. The first-order valence-corrected chi connectivity index (χ1v) is 4.13. The van der Waals surface area contributed by atoms with Crippen LogP contribution in [0.2, 0.25) is 0 Å². The molecule has 2 N–H and O–H groups in total. The Morgan fingerprint density at radius 1 is 0.545 bits per heavy atom. The Hall–Kier alpha value is 0.634. The summed E-state index contributed by atoms with van der Waals surface area (Å²) in [6.07, 6.45) is 6.50. The van der Waals surface area contributed by atoms with Crippen molar-refractivity contribution in [3.63, 3.8) is 0 Å². The quantitative estimate of drug-likeness (QED) is 0.473. The van der Waals surface area contributed by atoms with Gasteiger partial charge < -0.3 is 10.2 Å². The summed E-state index contributed by atoms with van der Waals surface area (Å²) in [6, 6.07) is 0. The van der Waals surface area contributed by atoms with Gasteiger partial charge in [0.05, 0.1) is 0 Å². The molecular formula is C8H18O2Ti+4. The fraction of sp³-hybridized carbons (Fsp3) is 1.00. The van der Waals surface area contributed by atoms with Crippen molar-refractivity contribution >= 4 is 0 Å². The molecule has 0 aliphatic rings. The molecule has 11 heavy (non-hydrogen) atoms. The van der Waals surface area contributed by atoms with Gasteiger partial charge in [-0.3, -0.25) is 0 Å². The average Bonchev–Trinajstić information content (AvgIpc) is 1.97. The van der Waals surface area contributed by atoms with Gasteiger partial charge >= 0.3 is 21.7 Å². The summed E-state index contributed by atoms with van der Waals surface area (Å²) in [5.41, 5.74) is 0. The molecule has 0 radical (unpaired) electrons. The first kappa shape index (κ1) is 14.2. The first-order chi connectivity index (χ1) is 4.91. The zero-order valence-electron chi connectivity index (χ0n) is 7.05. The molecule has 0 aliphatic heterocycles. The van der Waals surface area contributed by atoms with E-state index < -0.39 is 0 Å². The van der Waals surface area contributed by atoms with E-state index >= 15 is 0 Å². The van der Waals surface area contributed by atoms with Gasteiger partial charge in [-0.15, -0.1) is 0 Å². The van der Waals surface area contributed by atoms with Gasteiger partial charge in [-0.05, 0) is 12.8 Å². The molecule has 0 saturated carbocycles. The summed E-state index contributed by atoms with van der Waals surface area (Å²) in [4.78, 5) is 0. The van der Waals surface area contributed by atoms with Crippen molar-refractivity contribution in [2.45, 2.75) is 38.5 Å². The monoisotopic (exact) mass is 194 g/mol. The van der Waals surface area contributed by atoms with Gasteiger partial charge in [0.15, 0.2) is 0 Å². The largest absolute Gasteiger partial charge is 4.00 e. The maximum atomic E-state index is 8.43. The van der Waals surface area contributed by atoms with E-state index in [1.54, 1.807) is 0 Å². The first-order valence-electron chi connectivity index (χ1n) is 4.13. The zero-order valence-corrected chi connectivity index (χ0v) is 8.61. The minimum Gasteiger partial charge on any atom is -0.396 e. The summed E-state index contributed by atoms with van der Waals surface area (Å²) in [7, 11) is 0. The summed E-state index contributed by atoms with van der Waals surface area (Å²) in [5, 5.41) is 16.9. The third-order valence-electron chi connectivity index (χ3n) is 1.57. The molecule has 0 aromatic heterocycles. The van der Waals surface area contributed by atoms with Crippen LogP contribution < -0.4 is 0 Å². The normalized spacial score (nSPS) is 9.27. The number of aliphatic hydroxyl groups excluding tert-OH is 2. The summed E-state index contributed by atoms with van der Waals surface area (Å²) >= 11 is 0. The molecule has 0 amide bonds. The minimum atomic E-state index is 0. The van der Waals surface area contributed by atoms with Crippen molar-refractivity contribution in [1.29, 1.82) is 0 Å². The van der Waals surface area contributed by atoms with E-state index in [1.807, 2.05) is 0 Å². The molecule has 0 aromatic carbocycles. The molecule has 0 atom stereocenters. The van der Waals surface area contributed by atoms with Crippen molar-refractivity contribution in [2.75, 3.05) is 13.2 Å². The van der Waals surface area contributed by atoms with Crippen molar-refractivity contribution in [1.82, 2.24) is 0 Å². The fourth-order valence-corrected chi connectivity index (χ4v) is 0.931. The molecular weight excluding hydrogens is 176 g/mol. The number of rotatable bonds is 7. The van der Waals surface area contributed by atoms with E-state index in [4.69, 9.17) is 10.2 Å². The van der Waals surface area contributed by atoms with Crippen LogP contribution in [0.1, 0.15) is 38.5 Å². The summed E-state index contributed by atoms with van der Waals surface area (Å²) < 4.78 is 0. The van der Waals surface area contributed by atoms with Crippen molar-refractivity contribution in [3.05, 3.63) is 0 Å². The fourth-order valence-electron chi connectivity index (χ4n) is 0.931. The molecule has 62 valence electrons. The Morgan fingerprint density at radius 3 is 1.09 bits per heavy atom. The van der Waals surface area contributed by atoms with Gasteiger partial charge in [0.2, 0.25) is 0 Å². The third-order valence-corrected chi connectivity index (χ3v) is 1.57. The zero-order chi connectivity index (χ0) is 7.66. The van der Waals surface area contributed by atoms with Crippen LogP contribution in [0.3, 0.4) is 0 Å². The summed E-state index contributed by atoms with van der Waals surface area (Å²) in [5.74, 6) is 0. The second-order valence-electron chi connectivity index (χ2n) is 2.57. The molecule has 0 heterocycles. The van der Waals surface area contributed by atoms with Crippen LogP contribution in [0.15, 0.2) is 0 Å². The van der Waals surface area contributed by atoms with Crippen LogP contribution in [0, 0.1) is 0 Å². The molecule has 0 spiro atoms. The standard InChI is InChI=1S/C8H18O2.Ti/c9-7-5-3-1-2-4-6-8-10;/h9-10H,1-8H2;/q;+4. The second-order valence-corrected chi connectivity index (χ2v) is 2.57. The van der Waals surface area contributed by atoms with Crippen LogP contribution in [0.5, 0.6) is 0 Å². The van der Waals surface area contributed by atoms with Gasteiger partial charge in [0.1, 0.15) is 0 Å². The van der Waals surface area contributed by atoms with Crippen LogP contribution in [0.25, 0.3) is 0 Å². The Bertz CT molecular complexity index is 52.1. The molecule has 0 aromatic rings. The van der Waals surface area contributed by atoms with E-state index in [2.05, 4.69) is 0 Å². The predicted molar refractivity (Wildman–Crippen MR) is 41.9 cm³/mol. The Balaban J connectivity index is 0. The van der Waals surface area contributed by atoms with Gasteiger partial charge in [-0.2, -0.15) is 0 Å². The number of hydrogen-bond acceptors (Lipinski definition) is 2. The second kappa shape index (κ2) is 13.2. The number of aliphatic hydroxyl groups is 2. The van der Waals surface area contributed by atoms with E-state index in [1.165, 1.54) is 12.8 Å². The van der Waals surface area contributed by atoms with Crippen LogP contribution in [-0.4, -0.2) is 23.4 Å². The van der Waals surface area contributed by atoms with E-state index in [0.29, 0.717) is 13.2 Å². The van der Waals surface area contributed by atoms with Gasteiger partial charge in [0, 0.05) is 13.2 Å². The molecule has 0 rings (SSSR count).